The fraction of sp³-hybridized carbons (Fsp3) is 0.323. The molecule has 36 heavy (non-hydrogen) atoms. The number of aryl methyl sites for hydroxylation is 2. The molecular formula is C31H34N4O. The van der Waals surface area contributed by atoms with Crippen molar-refractivity contribution in [3.63, 3.8) is 0 Å². The van der Waals surface area contributed by atoms with Crippen LogP contribution in [-0.4, -0.2) is 27.8 Å². The topological polar surface area (TPSA) is 58.1 Å². The smallest absolute Gasteiger partial charge is 0.254 e. The summed E-state index contributed by atoms with van der Waals surface area (Å²) in [5, 5.41) is 4.11. The number of carbonyl (C=O) groups excluding carboxylic acids is 1. The molecule has 2 heterocycles. The average Bonchev–Trinajstić information content (AvgIpc) is 3.17. The third-order valence-corrected chi connectivity index (χ3v) is 7.51. The molecule has 1 amide bonds. The van der Waals surface area contributed by atoms with E-state index in [9.17, 15) is 4.79 Å². The molecule has 0 saturated heterocycles. The average molecular weight is 479 g/mol. The Balaban J connectivity index is 1.57. The van der Waals surface area contributed by atoms with Crippen molar-refractivity contribution in [2.75, 3.05) is 12.4 Å². The van der Waals surface area contributed by atoms with Crippen LogP contribution in [0.2, 0.25) is 0 Å². The van der Waals surface area contributed by atoms with Crippen molar-refractivity contribution in [3.8, 4) is 0 Å². The van der Waals surface area contributed by atoms with Crippen molar-refractivity contribution in [1.82, 2.24) is 14.9 Å². The third-order valence-electron chi connectivity index (χ3n) is 7.51. The first kappa shape index (κ1) is 24.0. The standard InChI is InChI=1S/C31H34N4O/c1-6-21-11-13-24(33-18-21)19-35(28-17-31(3,4)26-10-8-7-9-25(26)28)30(36)22-12-14-27-23(16-22)15-20(2)29(32-5)34-27/h7-16,18,28H,6,17,19H2,1-5H3,(H,32,34). The lowest BCUT2D eigenvalue weighted by molar-refractivity contribution is 0.0642. The lowest BCUT2D eigenvalue weighted by atomic mass is 9.86. The normalized spacial score (nSPS) is 16.1. The maximum absolute atomic E-state index is 14.2. The zero-order valence-electron chi connectivity index (χ0n) is 21.8. The molecule has 2 aromatic carbocycles. The predicted octanol–water partition coefficient (Wildman–Crippen LogP) is 6.61. The molecule has 0 saturated carbocycles. The number of anilines is 1. The third kappa shape index (κ3) is 4.34. The first-order chi connectivity index (χ1) is 17.3. The van der Waals surface area contributed by atoms with Crippen molar-refractivity contribution >= 4 is 22.6 Å². The minimum atomic E-state index is -0.0152. The van der Waals surface area contributed by atoms with Crippen LogP contribution in [0.4, 0.5) is 5.82 Å². The van der Waals surface area contributed by atoms with E-state index in [0.717, 1.165) is 40.8 Å². The van der Waals surface area contributed by atoms with Gasteiger partial charge < -0.3 is 10.2 Å². The van der Waals surface area contributed by atoms with Crippen molar-refractivity contribution in [2.45, 2.75) is 58.5 Å². The molecule has 1 N–H and O–H groups in total. The van der Waals surface area contributed by atoms with Gasteiger partial charge in [0, 0.05) is 24.2 Å². The molecule has 4 aromatic rings. The van der Waals surface area contributed by atoms with Crippen LogP contribution >= 0.6 is 0 Å². The van der Waals surface area contributed by atoms with Crippen molar-refractivity contribution in [1.29, 1.82) is 0 Å². The van der Waals surface area contributed by atoms with E-state index < -0.39 is 0 Å². The summed E-state index contributed by atoms with van der Waals surface area (Å²) >= 11 is 0. The van der Waals surface area contributed by atoms with Gasteiger partial charge in [-0.2, -0.15) is 0 Å². The Bertz CT molecular complexity index is 1420. The zero-order chi connectivity index (χ0) is 25.4. The summed E-state index contributed by atoms with van der Waals surface area (Å²) in [4.78, 5) is 25.6. The van der Waals surface area contributed by atoms with E-state index in [2.05, 4.69) is 68.6 Å². The minimum absolute atomic E-state index is 0.00669. The lowest BCUT2D eigenvalue weighted by Crippen LogP contribution is -2.34. The number of hydrogen-bond donors (Lipinski definition) is 1. The number of fused-ring (bicyclic) bond motifs is 2. The van der Waals surface area contributed by atoms with Crippen molar-refractivity contribution in [3.05, 3.63) is 100 Å². The summed E-state index contributed by atoms with van der Waals surface area (Å²) in [5.41, 5.74) is 7.25. The van der Waals surface area contributed by atoms with E-state index in [1.807, 2.05) is 43.3 Å². The fourth-order valence-electron chi connectivity index (χ4n) is 5.48. The number of pyridine rings is 2. The van der Waals surface area contributed by atoms with E-state index in [0.29, 0.717) is 12.1 Å². The van der Waals surface area contributed by atoms with E-state index in [4.69, 9.17) is 9.97 Å². The number of carbonyl (C=O) groups is 1. The van der Waals surface area contributed by atoms with Crippen molar-refractivity contribution < 1.29 is 4.79 Å². The maximum atomic E-state index is 14.2. The second kappa shape index (κ2) is 9.38. The number of hydrogen-bond acceptors (Lipinski definition) is 4. The van der Waals surface area contributed by atoms with Gasteiger partial charge in [0.15, 0.2) is 0 Å². The van der Waals surface area contributed by atoms with Crippen LogP contribution in [-0.2, 0) is 18.4 Å². The Labute approximate surface area is 213 Å². The van der Waals surface area contributed by atoms with Crippen LogP contribution in [0.5, 0.6) is 0 Å². The zero-order valence-corrected chi connectivity index (χ0v) is 21.8. The largest absolute Gasteiger partial charge is 0.373 e. The number of nitrogens with zero attached hydrogens (tertiary/aromatic N) is 3. The molecular weight excluding hydrogens is 444 g/mol. The fourth-order valence-corrected chi connectivity index (χ4v) is 5.48. The Morgan fingerprint density at radius 1 is 1.11 bits per heavy atom. The number of benzene rings is 2. The summed E-state index contributed by atoms with van der Waals surface area (Å²) in [6.07, 6.45) is 3.75. The first-order valence-corrected chi connectivity index (χ1v) is 12.7. The Kier molecular flexibility index (Phi) is 6.25. The van der Waals surface area contributed by atoms with Gasteiger partial charge in [0.1, 0.15) is 5.82 Å². The van der Waals surface area contributed by atoms with Gasteiger partial charge in [-0.25, -0.2) is 4.98 Å². The lowest BCUT2D eigenvalue weighted by Gasteiger charge is -2.31. The molecule has 1 aliphatic rings. The van der Waals surface area contributed by atoms with Crippen molar-refractivity contribution in [2.24, 2.45) is 0 Å². The molecule has 1 unspecified atom stereocenters. The van der Waals surface area contributed by atoms with Gasteiger partial charge in [-0.05, 0) is 77.8 Å². The molecule has 0 spiro atoms. The Hall–Kier alpha value is -3.73. The maximum Gasteiger partial charge on any atom is 0.254 e. The molecule has 0 fully saturated rings. The highest BCUT2D eigenvalue weighted by Crippen LogP contribution is 2.47. The second-order valence-electron chi connectivity index (χ2n) is 10.4. The van der Waals surface area contributed by atoms with Gasteiger partial charge in [0.05, 0.1) is 23.8 Å². The molecule has 2 aromatic heterocycles. The van der Waals surface area contributed by atoms with Gasteiger partial charge in [-0.1, -0.05) is 51.1 Å². The van der Waals surface area contributed by atoms with Crippen LogP contribution in [0.25, 0.3) is 10.9 Å². The number of aromatic nitrogens is 2. The molecule has 0 bridgehead atoms. The number of nitrogens with one attached hydrogen (secondary N) is 1. The number of amides is 1. The molecule has 0 aliphatic heterocycles. The molecule has 1 atom stereocenters. The van der Waals surface area contributed by atoms with Gasteiger partial charge in [0.2, 0.25) is 0 Å². The highest BCUT2D eigenvalue weighted by molar-refractivity contribution is 5.98. The summed E-state index contributed by atoms with van der Waals surface area (Å²) in [6.45, 7) is 9.16. The highest BCUT2D eigenvalue weighted by Gasteiger charge is 2.41. The summed E-state index contributed by atoms with van der Waals surface area (Å²) in [5.74, 6) is 0.876. The summed E-state index contributed by atoms with van der Waals surface area (Å²) in [7, 11) is 1.87. The Morgan fingerprint density at radius 3 is 2.64 bits per heavy atom. The minimum Gasteiger partial charge on any atom is -0.373 e. The molecule has 5 rings (SSSR count). The summed E-state index contributed by atoms with van der Waals surface area (Å²) in [6, 6.07) is 20.6. The first-order valence-electron chi connectivity index (χ1n) is 12.7. The molecule has 0 radical (unpaired) electrons. The Morgan fingerprint density at radius 2 is 1.92 bits per heavy atom. The van der Waals surface area contributed by atoms with Crippen LogP contribution < -0.4 is 5.32 Å². The van der Waals surface area contributed by atoms with E-state index >= 15 is 0 Å². The predicted molar refractivity (Wildman–Crippen MR) is 146 cm³/mol. The van der Waals surface area contributed by atoms with Crippen LogP contribution in [0.3, 0.4) is 0 Å². The monoisotopic (exact) mass is 478 g/mol. The van der Waals surface area contributed by atoms with Gasteiger partial charge in [0.25, 0.3) is 5.91 Å². The molecule has 5 heteroatoms. The molecule has 184 valence electrons. The second-order valence-corrected chi connectivity index (χ2v) is 10.4. The quantitative estimate of drug-likeness (QED) is 0.339. The highest BCUT2D eigenvalue weighted by atomic mass is 16.2. The number of rotatable bonds is 6. The van der Waals surface area contributed by atoms with Crippen LogP contribution in [0, 0.1) is 6.92 Å². The summed E-state index contributed by atoms with van der Waals surface area (Å²) < 4.78 is 0. The van der Waals surface area contributed by atoms with Gasteiger partial charge in [-0.15, -0.1) is 0 Å². The van der Waals surface area contributed by atoms with E-state index in [1.165, 1.54) is 16.7 Å². The van der Waals surface area contributed by atoms with Gasteiger partial charge >= 0.3 is 0 Å². The molecule has 5 nitrogen and oxygen atoms in total. The van der Waals surface area contributed by atoms with Crippen LogP contribution in [0.15, 0.2) is 66.9 Å². The van der Waals surface area contributed by atoms with E-state index in [1.54, 1.807) is 0 Å². The van der Waals surface area contributed by atoms with Gasteiger partial charge in [-0.3, -0.25) is 9.78 Å². The van der Waals surface area contributed by atoms with E-state index in [-0.39, 0.29) is 17.4 Å². The SMILES string of the molecule is CCc1ccc(CN(C(=O)c2ccc3nc(NC)c(C)cc3c2)C2CC(C)(C)c3ccccc32)nc1. The van der Waals surface area contributed by atoms with Crippen LogP contribution in [0.1, 0.15) is 71.5 Å². The molecule has 1 aliphatic carbocycles.